The molecule has 1 aliphatic rings. The number of hydrogen-bond acceptors (Lipinski definition) is 2. The highest BCUT2D eigenvalue weighted by molar-refractivity contribution is 4.84. The van der Waals surface area contributed by atoms with Gasteiger partial charge in [-0.2, -0.15) is 0 Å². The molecule has 0 radical (unpaired) electrons. The number of nitrogens with two attached hydrogens (primary N) is 1. The Morgan fingerprint density at radius 3 is 2.15 bits per heavy atom. The van der Waals surface area contributed by atoms with Crippen molar-refractivity contribution in [1.82, 2.24) is 4.90 Å². The second-order valence-corrected chi connectivity index (χ2v) is 7.77. The lowest BCUT2D eigenvalue weighted by molar-refractivity contribution is 0.0809. The molecule has 1 unspecified atom stereocenters. The monoisotopic (exact) mass is 282 g/mol. The summed E-state index contributed by atoms with van der Waals surface area (Å²) in [6, 6.07) is 0.637. The molecule has 1 atom stereocenters. The fourth-order valence-corrected chi connectivity index (χ4v) is 3.56. The van der Waals surface area contributed by atoms with Crippen LogP contribution in [0.2, 0.25) is 0 Å². The molecule has 0 aromatic rings. The van der Waals surface area contributed by atoms with Crippen LogP contribution in [0.5, 0.6) is 0 Å². The zero-order valence-corrected chi connectivity index (χ0v) is 14.5. The predicted octanol–water partition coefficient (Wildman–Crippen LogP) is 4.43. The van der Waals surface area contributed by atoms with E-state index in [0.29, 0.717) is 11.5 Å². The molecule has 1 fully saturated rings. The Bertz CT molecular complexity index is 236. The summed E-state index contributed by atoms with van der Waals surface area (Å²) >= 11 is 0. The molecule has 0 saturated carbocycles. The molecule has 0 amide bonds. The van der Waals surface area contributed by atoms with E-state index in [1.807, 2.05) is 0 Å². The van der Waals surface area contributed by atoms with Gasteiger partial charge in [0, 0.05) is 12.6 Å². The van der Waals surface area contributed by atoms with Gasteiger partial charge in [0.2, 0.25) is 0 Å². The lowest BCUT2D eigenvalue weighted by Crippen LogP contribution is -2.46. The lowest BCUT2D eigenvalue weighted by atomic mass is 9.75. The quantitative estimate of drug-likeness (QED) is 0.667. The second kappa shape index (κ2) is 9.04. The van der Waals surface area contributed by atoms with Gasteiger partial charge in [-0.25, -0.2) is 0 Å². The third-order valence-corrected chi connectivity index (χ3v) is 5.18. The number of likely N-dealkylation sites (tertiary alicyclic amines) is 1. The van der Waals surface area contributed by atoms with Crippen molar-refractivity contribution in [2.75, 3.05) is 19.6 Å². The summed E-state index contributed by atoms with van der Waals surface area (Å²) in [5.41, 5.74) is 6.50. The number of rotatable bonds is 8. The first kappa shape index (κ1) is 18.0. The maximum Gasteiger partial charge on any atom is 0.0218 e. The highest BCUT2D eigenvalue weighted by Gasteiger charge is 2.30. The van der Waals surface area contributed by atoms with E-state index in [1.54, 1.807) is 0 Å². The largest absolute Gasteiger partial charge is 0.329 e. The molecular weight excluding hydrogens is 244 g/mol. The van der Waals surface area contributed by atoms with E-state index in [9.17, 15) is 0 Å². The van der Waals surface area contributed by atoms with Crippen LogP contribution < -0.4 is 5.73 Å². The van der Waals surface area contributed by atoms with Crippen molar-refractivity contribution in [2.24, 2.45) is 17.1 Å². The summed E-state index contributed by atoms with van der Waals surface area (Å²) in [6.45, 7) is 12.8. The van der Waals surface area contributed by atoms with Gasteiger partial charge in [-0.05, 0) is 43.7 Å². The first-order chi connectivity index (χ1) is 9.49. The molecule has 2 nitrogen and oxygen atoms in total. The van der Waals surface area contributed by atoms with E-state index >= 15 is 0 Å². The lowest BCUT2D eigenvalue weighted by Gasteiger charge is -2.41. The molecule has 0 bridgehead atoms. The highest BCUT2D eigenvalue weighted by atomic mass is 15.2. The van der Waals surface area contributed by atoms with Crippen LogP contribution in [0, 0.1) is 11.3 Å². The summed E-state index contributed by atoms with van der Waals surface area (Å²) in [6.07, 6.45) is 10.9. The summed E-state index contributed by atoms with van der Waals surface area (Å²) in [4.78, 5) is 2.67. The molecular formula is C18H38N2. The van der Waals surface area contributed by atoms with E-state index in [0.717, 1.165) is 12.5 Å². The molecule has 1 rings (SSSR count). The van der Waals surface area contributed by atoms with Crippen LogP contribution in [-0.4, -0.2) is 30.6 Å². The molecule has 1 heterocycles. The molecule has 2 N–H and O–H groups in total. The van der Waals surface area contributed by atoms with Gasteiger partial charge in [-0.15, -0.1) is 0 Å². The van der Waals surface area contributed by atoms with Crippen LogP contribution >= 0.6 is 0 Å². The van der Waals surface area contributed by atoms with Crippen molar-refractivity contribution in [2.45, 2.75) is 85.1 Å². The highest BCUT2D eigenvalue weighted by Crippen LogP contribution is 2.34. The predicted molar refractivity (Wildman–Crippen MR) is 90.0 cm³/mol. The normalized spacial score (nSPS) is 20.2. The Morgan fingerprint density at radius 2 is 1.65 bits per heavy atom. The molecule has 2 heteroatoms. The number of nitrogens with zero attached hydrogens (tertiary/aromatic N) is 1. The van der Waals surface area contributed by atoms with Crippen molar-refractivity contribution < 1.29 is 0 Å². The molecule has 0 spiro atoms. The minimum absolute atomic E-state index is 0.477. The van der Waals surface area contributed by atoms with Gasteiger partial charge < -0.3 is 5.73 Å². The molecule has 120 valence electrons. The SMILES string of the molecule is CCCCCCCC(CN)N1CCC(C(C)(C)C)CC1. The Hall–Kier alpha value is -0.0800. The second-order valence-electron chi connectivity index (χ2n) is 7.77. The van der Waals surface area contributed by atoms with Gasteiger partial charge in [-0.3, -0.25) is 4.90 Å². The topological polar surface area (TPSA) is 29.3 Å². The van der Waals surface area contributed by atoms with Crippen LogP contribution in [0.25, 0.3) is 0 Å². The van der Waals surface area contributed by atoms with Gasteiger partial charge in [0.05, 0.1) is 0 Å². The summed E-state index contributed by atoms with van der Waals surface area (Å²) in [5, 5.41) is 0. The Labute approximate surface area is 127 Å². The fraction of sp³-hybridized carbons (Fsp3) is 1.00. The maximum absolute atomic E-state index is 6.02. The molecule has 0 aliphatic carbocycles. The molecule has 1 saturated heterocycles. The van der Waals surface area contributed by atoms with Crippen LogP contribution in [0.1, 0.15) is 79.1 Å². The van der Waals surface area contributed by atoms with Crippen LogP contribution in [0.3, 0.4) is 0 Å². The average Bonchev–Trinajstić information content (AvgIpc) is 2.42. The van der Waals surface area contributed by atoms with Crippen LogP contribution in [0.4, 0.5) is 0 Å². The van der Waals surface area contributed by atoms with Crippen molar-refractivity contribution >= 4 is 0 Å². The minimum atomic E-state index is 0.477. The molecule has 0 aromatic heterocycles. The maximum atomic E-state index is 6.02. The third kappa shape index (κ3) is 6.13. The van der Waals surface area contributed by atoms with Gasteiger partial charge in [0.1, 0.15) is 0 Å². The zero-order valence-electron chi connectivity index (χ0n) is 14.5. The number of piperidine rings is 1. The van der Waals surface area contributed by atoms with Crippen molar-refractivity contribution in [3.63, 3.8) is 0 Å². The Morgan fingerprint density at radius 1 is 1.05 bits per heavy atom. The Balaban J connectivity index is 2.26. The Kier molecular flexibility index (Phi) is 8.13. The van der Waals surface area contributed by atoms with Crippen LogP contribution in [-0.2, 0) is 0 Å². The van der Waals surface area contributed by atoms with Gasteiger partial charge in [-0.1, -0.05) is 59.8 Å². The van der Waals surface area contributed by atoms with Crippen LogP contribution in [0.15, 0.2) is 0 Å². The fourth-order valence-electron chi connectivity index (χ4n) is 3.56. The smallest absolute Gasteiger partial charge is 0.0218 e. The standard InChI is InChI=1S/C18H38N2/c1-5-6-7-8-9-10-17(15-19)20-13-11-16(12-14-20)18(2,3)4/h16-17H,5-15,19H2,1-4H3. The van der Waals surface area contributed by atoms with E-state index in [1.165, 1.54) is 64.5 Å². The van der Waals surface area contributed by atoms with E-state index in [2.05, 4.69) is 32.6 Å². The number of hydrogen-bond donors (Lipinski definition) is 1. The van der Waals surface area contributed by atoms with E-state index in [-0.39, 0.29) is 0 Å². The van der Waals surface area contributed by atoms with Crippen molar-refractivity contribution in [3.05, 3.63) is 0 Å². The van der Waals surface area contributed by atoms with Crippen molar-refractivity contribution in [3.8, 4) is 0 Å². The third-order valence-electron chi connectivity index (χ3n) is 5.18. The van der Waals surface area contributed by atoms with Crippen molar-refractivity contribution in [1.29, 1.82) is 0 Å². The van der Waals surface area contributed by atoms with Gasteiger partial charge >= 0.3 is 0 Å². The van der Waals surface area contributed by atoms with E-state index in [4.69, 9.17) is 5.73 Å². The molecule has 1 aliphatic heterocycles. The van der Waals surface area contributed by atoms with E-state index < -0.39 is 0 Å². The summed E-state index contributed by atoms with van der Waals surface area (Å²) in [5.74, 6) is 0.890. The first-order valence-corrected chi connectivity index (χ1v) is 8.93. The molecule has 0 aromatic carbocycles. The zero-order chi connectivity index (χ0) is 15.0. The first-order valence-electron chi connectivity index (χ1n) is 8.93. The number of unbranched alkanes of at least 4 members (excludes halogenated alkanes) is 4. The molecule has 20 heavy (non-hydrogen) atoms. The minimum Gasteiger partial charge on any atom is -0.329 e. The van der Waals surface area contributed by atoms with Gasteiger partial charge in [0.15, 0.2) is 0 Å². The summed E-state index contributed by atoms with van der Waals surface area (Å²) < 4.78 is 0. The average molecular weight is 283 g/mol. The van der Waals surface area contributed by atoms with Gasteiger partial charge in [0.25, 0.3) is 0 Å². The summed E-state index contributed by atoms with van der Waals surface area (Å²) in [7, 11) is 0.